The molecule has 1 N–H and O–H groups in total. The van der Waals surface area contributed by atoms with E-state index in [-0.39, 0.29) is 11.8 Å². The molecule has 0 aliphatic heterocycles. The van der Waals surface area contributed by atoms with Crippen LogP contribution in [0.15, 0.2) is 84.9 Å². The fraction of sp³-hybridized carbons (Fsp3) is 0.259. The monoisotopic (exact) mass is 446 g/mol. The van der Waals surface area contributed by atoms with Gasteiger partial charge in [-0.05, 0) is 23.6 Å². The first-order valence-electron chi connectivity index (χ1n) is 10.8. The maximum Gasteiger partial charge on any atom is 0.242 e. The Labute approximate surface area is 195 Å². The van der Waals surface area contributed by atoms with Crippen molar-refractivity contribution < 1.29 is 9.59 Å². The summed E-state index contributed by atoms with van der Waals surface area (Å²) in [5.74, 6) is 0.898. The van der Waals surface area contributed by atoms with E-state index >= 15 is 0 Å². The second kappa shape index (κ2) is 12.1. The molecule has 0 fully saturated rings. The van der Waals surface area contributed by atoms with Gasteiger partial charge in [0, 0.05) is 25.8 Å². The Morgan fingerprint density at radius 3 is 2.03 bits per heavy atom. The SMILES string of the molecule is CNC(=O)C(Cc1ccccc1)N(Cc1ccccc1)C(=O)CSCc1ccc(C)cc1. The van der Waals surface area contributed by atoms with Gasteiger partial charge < -0.3 is 10.2 Å². The molecular weight excluding hydrogens is 416 g/mol. The number of hydrogen-bond donors (Lipinski definition) is 1. The average molecular weight is 447 g/mol. The normalized spacial score (nSPS) is 11.6. The number of rotatable bonds is 10. The molecule has 32 heavy (non-hydrogen) atoms. The molecule has 0 saturated heterocycles. The minimum absolute atomic E-state index is 0.0319. The maximum atomic E-state index is 13.4. The third-order valence-electron chi connectivity index (χ3n) is 5.33. The van der Waals surface area contributed by atoms with Crippen LogP contribution >= 0.6 is 11.8 Å². The van der Waals surface area contributed by atoms with Gasteiger partial charge in [-0.25, -0.2) is 0 Å². The third-order valence-corrected chi connectivity index (χ3v) is 6.32. The zero-order chi connectivity index (χ0) is 22.8. The zero-order valence-corrected chi connectivity index (χ0v) is 19.5. The summed E-state index contributed by atoms with van der Waals surface area (Å²) in [4.78, 5) is 28.0. The molecule has 3 aromatic rings. The summed E-state index contributed by atoms with van der Waals surface area (Å²) in [6, 6.07) is 27.5. The standard InChI is InChI=1S/C27H30N2O2S/c1-21-13-15-24(16-14-21)19-32-20-26(30)29(18-23-11-7-4-8-12-23)25(27(31)28-2)17-22-9-5-3-6-10-22/h3-16,25H,17-20H2,1-2H3,(H,28,31). The Balaban J connectivity index is 1.77. The van der Waals surface area contributed by atoms with E-state index in [2.05, 4.69) is 36.5 Å². The van der Waals surface area contributed by atoms with Crippen LogP contribution in [0.5, 0.6) is 0 Å². The number of benzene rings is 3. The van der Waals surface area contributed by atoms with Crippen LogP contribution < -0.4 is 5.32 Å². The molecule has 3 aromatic carbocycles. The summed E-state index contributed by atoms with van der Waals surface area (Å²) >= 11 is 1.58. The molecule has 0 heterocycles. The topological polar surface area (TPSA) is 49.4 Å². The number of nitrogens with zero attached hydrogens (tertiary/aromatic N) is 1. The van der Waals surface area contributed by atoms with Crippen molar-refractivity contribution >= 4 is 23.6 Å². The Kier molecular flexibility index (Phi) is 8.93. The molecule has 0 bridgehead atoms. The van der Waals surface area contributed by atoms with Crippen molar-refractivity contribution in [2.75, 3.05) is 12.8 Å². The molecule has 0 aliphatic carbocycles. The minimum atomic E-state index is -0.574. The molecule has 3 rings (SSSR count). The molecule has 0 radical (unpaired) electrons. The average Bonchev–Trinajstić information content (AvgIpc) is 2.83. The fourth-order valence-corrected chi connectivity index (χ4v) is 4.39. The van der Waals surface area contributed by atoms with Crippen LogP contribution in [0.4, 0.5) is 0 Å². The zero-order valence-electron chi connectivity index (χ0n) is 18.7. The van der Waals surface area contributed by atoms with Gasteiger partial charge in [-0.3, -0.25) is 9.59 Å². The van der Waals surface area contributed by atoms with Crippen LogP contribution in [0.2, 0.25) is 0 Å². The molecule has 1 unspecified atom stereocenters. The molecule has 2 amide bonds. The maximum absolute atomic E-state index is 13.4. The summed E-state index contributed by atoms with van der Waals surface area (Å²) in [5, 5.41) is 2.75. The van der Waals surface area contributed by atoms with Crippen LogP contribution in [0.3, 0.4) is 0 Å². The largest absolute Gasteiger partial charge is 0.357 e. The van der Waals surface area contributed by atoms with E-state index in [1.165, 1.54) is 11.1 Å². The molecule has 0 aromatic heterocycles. The van der Waals surface area contributed by atoms with E-state index in [9.17, 15) is 9.59 Å². The van der Waals surface area contributed by atoms with Crippen LogP contribution in [-0.2, 0) is 28.3 Å². The minimum Gasteiger partial charge on any atom is -0.357 e. The molecule has 5 heteroatoms. The van der Waals surface area contributed by atoms with Gasteiger partial charge in [0.1, 0.15) is 6.04 Å². The van der Waals surface area contributed by atoms with E-state index in [0.29, 0.717) is 18.7 Å². The predicted octanol–water partition coefficient (Wildman–Crippen LogP) is 4.61. The van der Waals surface area contributed by atoms with Gasteiger partial charge in [0.05, 0.1) is 5.75 Å². The molecule has 0 aliphatic rings. The lowest BCUT2D eigenvalue weighted by atomic mass is 10.0. The van der Waals surface area contributed by atoms with Crippen molar-refractivity contribution in [1.82, 2.24) is 10.2 Å². The number of hydrogen-bond acceptors (Lipinski definition) is 3. The highest BCUT2D eigenvalue weighted by molar-refractivity contribution is 7.99. The van der Waals surface area contributed by atoms with Gasteiger partial charge in [-0.1, -0.05) is 90.5 Å². The smallest absolute Gasteiger partial charge is 0.242 e. The molecule has 4 nitrogen and oxygen atoms in total. The quantitative estimate of drug-likeness (QED) is 0.495. The Morgan fingerprint density at radius 2 is 1.44 bits per heavy atom. The van der Waals surface area contributed by atoms with Crippen molar-refractivity contribution in [2.24, 2.45) is 0 Å². The van der Waals surface area contributed by atoms with Crippen molar-refractivity contribution in [2.45, 2.75) is 31.7 Å². The summed E-state index contributed by atoms with van der Waals surface area (Å²) in [6.07, 6.45) is 0.474. The Bertz CT molecular complexity index is 991. The van der Waals surface area contributed by atoms with Gasteiger partial charge in [0.2, 0.25) is 11.8 Å². The van der Waals surface area contributed by atoms with Crippen LogP contribution in [0.1, 0.15) is 22.3 Å². The highest BCUT2D eigenvalue weighted by Gasteiger charge is 2.29. The Hall–Kier alpha value is -3.05. The first kappa shape index (κ1) is 23.6. The lowest BCUT2D eigenvalue weighted by Gasteiger charge is -2.31. The van der Waals surface area contributed by atoms with E-state index in [1.807, 2.05) is 60.7 Å². The first-order valence-corrected chi connectivity index (χ1v) is 11.9. The van der Waals surface area contributed by atoms with Crippen LogP contribution in [0, 0.1) is 6.92 Å². The van der Waals surface area contributed by atoms with Gasteiger partial charge in [0.25, 0.3) is 0 Å². The number of aryl methyl sites for hydroxylation is 1. The summed E-state index contributed by atoms with van der Waals surface area (Å²) in [5.41, 5.74) is 4.44. The van der Waals surface area contributed by atoms with Gasteiger partial charge >= 0.3 is 0 Å². The Morgan fingerprint density at radius 1 is 0.844 bits per heavy atom. The van der Waals surface area contributed by atoms with Crippen molar-refractivity contribution in [1.29, 1.82) is 0 Å². The molecule has 166 valence electrons. The second-order valence-electron chi connectivity index (χ2n) is 7.81. The van der Waals surface area contributed by atoms with Gasteiger partial charge in [-0.2, -0.15) is 0 Å². The molecule has 1 atom stereocenters. The van der Waals surface area contributed by atoms with Crippen molar-refractivity contribution in [3.63, 3.8) is 0 Å². The predicted molar refractivity (Wildman–Crippen MR) is 132 cm³/mol. The number of carbonyl (C=O) groups is 2. The lowest BCUT2D eigenvalue weighted by Crippen LogP contribution is -2.50. The van der Waals surface area contributed by atoms with E-state index < -0.39 is 6.04 Å². The van der Waals surface area contributed by atoms with Gasteiger partial charge in [-0.15, -0.1) is 11.8 Å². The lowest BCUT2D eigenvalue weighted by molar-refractivity contribution is -0.139. The van der Waals surface area contributed by atoms with E-state index in [4.69, 9.17) is 0 Å². The third kappa shape index (κ3) is 6.99. The number of likely N-dealkylation sites (N-methyl/N-ethyl adjacent to an activating group) is 1. The molecular formula is C27H30N2O2S. The highest BCUT2D eigenvalue weighted by atomic mass is 32.2. The summed E-state index contributed by atoms with van der Waals surface area (Å²) in [7, 11) is 1.62. The second-order valence-corrected chi connectivity index (χ2v) is 8.79. The van der Waals surface area contributed by atoms with Crippen LogP contribution in [0.25, 0.3) is 0 Å². The number of amides is 2. The summed E-state index contributed by atoms with van der Waals surface area (Å²) < 4.78 is 0. The van der Waals surface area contributed by atoms with Crippen molar-refractivity contribution in [3.05, 3.63) is 107 Å². The van der Waals surface area contributed by atoms with E-state index in [0.717, 1.165) is 16.9 Å². The number of nitrogens with one attached hydrogen (secondary N) is 1. The number of carbonyl (C=O) groups excluding carboxylic acids is 2. The van der Waals surface area contributed by atoms with Gasteiger partial charge in [0.15, 0.2) is 0 Å². The molecule has 0 saturated carbocycles. The first-order chi connectivity index (χ1) is 15.6. The highest BCUT2D eigenvalue weighted by Crippen LogP contribution is 2.18. The van der Waals surface area contributed by atoms with Crippen molar-refractivity contribution in [3.8, 4) is 0 Å². The number of thioether (sulfide) groups is 1. The summed E-state index contributed by atoms with van der Waals surface area (Å²) in [6.45, 7) is 2.46. The van der Waals surface area contributed by atoms with Crippen LogP contribution in [-0.4, -0.2) is 35.6 Å². The fourth-order valence-electron chi connectivity index (χ4n) is 3.52. The molecule has 0 spiro atoms. The van der Waals surface area contributed by atoms with E-state index in [1.54, 1.807) is 23.7 Å².